The van der Waals surface area contributed by atoms with Gasteiger partial charge in [0, 0.05) is 35.2 Å². The van der Waals surface area contributed by atoms with Crippen LogP contribution >= 0.6 is 0 Å². The lowest BCUT2D eigenvalue weighted by Crippen LogP contribution is -2.56. The van der Waals surface area contributed by atoms with Gasteiger partial charge in [0.25, 0.3) is 0 Å². The lowest BCUT2D eigenvalue weighted by Gasteiger charge is -2.48. The molecule has 7 nitrogen and oxygen atoms in total. The maximum absolute atomic E-state index is 9.44. The molecule has 2 fully saturated rings. The highest BCUT2D eigenvalue weighted by atomic mass is 16.7. The van der Waals surface area contributed by atoms with Crippen molar-refractivity contribution in [3.63, 3.8) is 0 Å². The molecule has 2 aromatic rings. The Balaban J connectivity index is 1.41. The molecule has 0 aliphatic carbocycles. The van der Waals surface area contributed by atoms with Crippen molar-refractivity contribution in [2.75, 3.05) is 37.8 Å². The van der Waals surface area contributed by atoms with Crippen molar-refractivity contribution >= 4 is 5.69 Å². The summed E-state index contributed by atoms with van der Waals surface area (Å²) in [6, 6.07) is 6.40. The molecule has 0 unspecified atom stereocenters. The molecule has 2 aliphatic rings. The molecule has 28 heavy (non-hydrogen) atoms. The number of aliphatic hydroxyl groups excluding tert-OH is 1. The molecule has 0 atom stereocenters. The normalized spacial score (nSPS) is 21.5. The van der Waals surface area contributed by atoms with Crippen LogP contribution in [0.15, 0.2) is 24.4 Å². The Morgan fingerprint density at radius 3 is 2.54 bits per heavy atom. The summed E-state index contributed by atoms with van der Waals surface area (Å²) in [7, 11) is 0. The van der Waals surface area contributed by atoms with Crippen LogP contribution in [0.25, 0.3) is 11.3 Å². The van der Waals surface area contributed by atoms with Crippen molar-refractivity contribution in [2.24, 2.45) is 10.8 Å². The van der Waals surface area contributed by atoms with Crippen molar-refractivity contribution in [3.05, 3.63) is 30.0 Å². The second-order valence-electron chi connectivity index (χ2n) is 9.37. The fraction of sp³-hybridized carbons (Fsp3) is 0.619. The number of ether oxygens (including phenoxy) is 2. The van der Waals surface area contributed by atoms with E-state index in [4.69, 9.17) is 9.47 Å². The van der Waals surface area contributed by atoms with E-state index < -0.39 is 0 Å². The molecule has 0 saturated carbocycles. The summed E-state index contributed by atoms with van der Waals surface area (Å²) in [5, 5.41) is 18.0. The number of aliphatic hydroxyl groups is 1. The Hall–Kier alpha value is -1.96. The molecule has 7 heteroatoms. The van der Waals surface area contributed by atoms with E-state index in [0.717, 1.165) is 29.9 Å². The third kappa shape index (κ3) is 3.92. The second-order valence-corrected chi connectivity index (χ2v) is 9.37. The zero-order valence-corrected chi connectivity index (χ0v) is 17.2. The fourth-order valence-corrected chi connectivity index (χ4v) is 3.79. The van der Waals surface area contributed by atoms with Gasteiger partial charge in [-0.1, -0.05) is 32.1 Å². The molecule has 4 rings (SSSR count). The first kappa shape index (κ1) is 19.4. The highest BCUT2D eigenvalue weighted by Gasteiger charge is 2.38. The third-order valence-electron chi connectivity index (χ3n) is 5.57. The highest BCUT2D eigenvalue weighted by Crippen LogP contribution is 2.35. The number of hydrogen-bond acceptors (Lipinski definition) is 6. The zero-order valence-electron chi connectivity index (χ0n) is 17.2. The average molecular weight is 386 g/mol. The van der Waals surface area contributed by atoms with Gasteiger partial charge < -0.3 is 19.5 Å². The van der Waals surface area contributed by atoms with Gasteiger partial charge in [-0.05, 0) is 24.6 Å². The molecule has 152 valence electrons. The summed E-state index contributed by atoms with van der Waals surface area (Å²) in [6.07, 6.45) is 1.67. The Labute approximate surface area is 166 Å². The molecule has 2 aliphatic heterocycles. The quantitative estimate of drug-likeness (QED) is 0.851. The third-order valence-corrected chi connectivity index (χ3v) is 5.57. The van der Waals surface area contributed by atoms with Crippen LogP contribution in [-0.2, 0) is 16.0 Å². The van der Waals surface area contributed by atoms with Crippen LogP contribution in [-0.4, -0.2) is 59.3 Å². The zero-order chi connectivity index (χ0) is 19.9. The van der Waals surface area contributed by atoms with Gasteiger partial charge in [0.15, 0.2) is 6.29 Å². The smallest absolute Gasteiger partial charge is 0.177 e. The molecule has 0 amide bonds. The monoisotopic (exact) mass is 386 g/mol. The van der Waals surface area contributed by atoms with Gasteiger partial charge in [0.05, 0.1) is 32.6 Å². The van der Waals surface area contributed by atoms with Crippen molar-refractivity contribution in [1.82, 2.24) is 15.0 Å². The largest absolute Gasteiger partial charge is 0.396 e. The number of benzene rings is 1. The predicted octanol–water partition coefficient (Wildman–Crippen LogP) is 2.47. The molecule has 0 bridgehead atoms. The molecule has 0 radical (unpaired) electrons. The van der Waals surface area contributed by atoms with E-state index in [9.17, 15) is 5.11 Å². The van der Waals surface area contributed by atoms with Crippen LogP contribution in [0, 0.1) is 17.8 Å². The van der Waals surface area contributed by atoms with E-state index in [1.54, 1.807) is 4.68 Å². The Morgan fingerprint density at radius 1 is 1.18 bits per heavy atom. The minimum absolute atomic E-state index is 0.0216. The first-order valence-electron chi connectivity index (χ1n) is 9.87. The standard InChI is InChI=1S/C21H30N4O3/c1-15-7-16(24-10-21(4,11-24)12-26)5-6-17(15)18-8-25(23-22-18)9-19-27-13-20(2,3)14-28-19/h5-8,19,26H,9-14H2,1-4H3. The van der Waals surface area contributed by atoms with Crippen LogP contribution in [0.1, 0.15) is 26.3 Å². The molecule has 3 heterocycles. The summed E-state index contributed by atoms with van der Waals surface area (Å²) >= 11 is 0. The van der Waals surface area contributed by atoms with Gasteiger partial charge in [0.2, 0.25) is 0 Å². The minimum Gasteiger partial charge on any atom is -0.396 e. The number of rotatable bonds is 5. The molecule has 2 saturated heterocycles. The van der Waals surface area contributed by atoms with Crippen molar-refractivity contribution in [3.8, 4) is 11.3 Å². The Morgan fingerprint density at radius 2 is 1.89 bits per heavy atom. The SMILES string of the molecule is Cc1cc(N2CC(C)(CO)C2)ccc1-c1cn(CC2OCC(C)(C)CO2)nn1. The lowest BCUT2D eigenvalue weighted by atomic mass is 9.82. The van der Waals surface area contributed by atoms with Gasteiger partial charge in [-0.2, -0.15) is 0 Å². The number of hydrogen-bond donors (Lipinski definition) is 1. The summed E-state index contributed by atoms with van der Waals surface area (Å²) in [4.78, 5) is 2.29. The highest BCUT2D eigenvalue weighted by molar-refractivity contribution is 5.67. The number of anilines is 1. The lowest BCUT2D eigenvalue weighted by molar-refractivity contribution is -0.227. The van der Waals surface area contributed by atoms with E-state index in [1.165, 1.54) is 5.69 Å². The van der Waals surface area contributed by atoms with E-state index in [2.05, 4.69) is 61.1 Å². The van der Waals surface area contributed by atoms with Gasteiger partial charge >= 0.3 is 0 Å². The van der Waals surface area contributed by atoms with Crippen LogP contribution in [0.3, 0.4) is 0 Å². The Bertz CT molecular complexity index is 832. The van der Waals surface area contributed by atoms with Crippen LogP contribution in [0.2, 0.25) is 0 Å². The van der Waals surface area contributed by atoms with Crippen LogP contribution in [0.4, 0.5) is 5.69 Å². The van der Waals surface area contributed by atoms with Gasteiger partial charge in [0.1, 0.15) is 5.69 Å². The Kier molecular flexibility index (Phi) is 4.93. The van der Waals surface area contributed by atoms with E-state index in [0.29, 0.717) is 19.8 Å². The number of aryl methyl sites for hydroxylation is 1. The summed E-state index contributed by atoms with van der Waals surface area (Å²) in [5.41, 5.74) is 4.36. The van der Waals surface area contributed by atoms with Gasteiger partial charge in [-0.15, -0.1) is 5.10 Å². The van der Waals surface area contributed by atoms with Crippen LogP contribution in [0.5, 0.6) is 0 Å². The maximum atomic E-state index is 9.44. The van der Waals surface area contributed by atoms with E-state index in [1.807, 2.05) is 6.20 Å². The molecular formula is C21H30N4O3. The van der Waals surface area contributed by atoms with E-state index >= 15 is 0 Å². The predicted molar refractivity (Wildman–Crippen MR) is 107 cm³/mol. The van der Waals surface area contributed by atoms with Crippen LogP contribution < -0.4 is 4.90 Å². The average Bonchev–Trinajstić information content (AvgIpc) is 3.09. The summed E-state index contributed by atoms with van der Waals surface area (Å²) in [5.74, 6) is 0. The minimum atomic E-state index is -0.279. The summed E-state index contributed by atoms with van der Waals surface area (Å²) in [6.45, 7) is 12.4. The fourth-order valence-electron chi connectivity index (χ4n) is 3.79. The number of nitrogens with zero attached hydrogens (tertiary/aromatic N) is 4. The molecule has 1 aromatic heterocycles. The van der Waals surface area contributed by atoms with Crippen molar-refractivity contribution < 1.29 is 14.6 Å². The van der Waals surface area contributed by atoms with Crippen molar-refractivity contribution in [1.29, 1.82) is 0 Å². The molecular weight excluding hydrogens is 356 g/mol. The van der Waals surface area contributed by atoms with Crippen molar-refractivity contribution in [2.45, 2.75) is 40.5 Å². The van der Waals surface area contributed by atoms with Gasteiger partial charge in [-0.3, -0.25) is 0 Å². The second kappa shape index (κ2) is 7.13. The molecule has 1 aromatic carbocycles. The first-order valence-corrected chi connectivity index (χ1v) is 9.87. The number of aromatic nitrogens is 3. The topological polar surface area (TPSA) is 72.6 Å². The van der Waals surface area contributed by atoms with E-state index in [-0.39, 0.29) is 23.7 Å². The molecule has 1 N–H and O–H groups in total. The van der Waals surface area contributed by atoms with Gasteiger partial charge in [-0.25, -0.2) is 4.68 Å². The molecule has 0 spiro atoms. The maximum Gasteiger partial charge on any atom is 0.177 e. The summed E-state index contributed by atoms with van der Waals surface area (Å²) < 4.78 is 13.4. The first-order chi connectivity index (χ1) is 13.3.